The molecule has 0 unspecified atom stereocenters. The predicted molar refractivity (Wildman–Crippen MR) is 74.6 cm³/mol. The van der Waals surface area contributed by atoms with Crippen LogP contribution in [0.3, 0.4) is 0 Å². The molecule has 0 saturated heterocycles. The summed E-state index contributed by atoms with van der Waals surface area (Å²) in [4.78, 5) is 0. The molecule has 0 aromatic heterocycles. The average molecular weight is 211 g/mol. The lowest BCUT2D eigenvalue weighted by Crippen LogP contribution is -1.86. The van der Waals surface area contributed by atoms with Crippen LogP contribution in [-0.2, 0) is 0 Å². The second-order valence-electron chi connectivity index (χ2n) is 2.52. The summed E-state index contributed by atoms with van der Waals surface area (Å²) in [6.45, 7) is 14.1. The Morgan fingerprint density at radius 2 is 1.33 bits per heavy atom. The van der Waals surface area contributed by atoms with E-state index in [1.807, 2.05) is 33.8 Å². The zero-order valence-electron chi connectivity index (χ0n) is 11.6. The second-order valence-corrected chi connectivity index (χ2v) is 2.52. The van der Waals surface area contributed by atoms with E-state index in [0.29, 0.717) is 0 Å². The van der Waals surface area contributed by atoms with Crippen LogP contribution < -0.4 is 5.73 Å². The molecule has 2 N–H and O–H groups in total. The molecule has 0 spiro atoms. The van der Waals surface area contributed by atoms with Crippen LogP contribution in [0.5, 0.6) is 0 Å². The van der Waals surface area contributed by atoms with E-state index in [4.69, 9.17) is 5.73 Å². The molecule has 0 rings (SSSR count). The van der Waals surface area contributed by atoms with Gasteiger partial charge in [0.15, 0.2) is 0 Å². The number of nitrogens with two attached hydrogens (primary N) is 1. The fourth-order valence-electron chi connectivity index (χ4n) is 0.204. The Labute approximate surface area is 97.5 Å². The summed E-state index contributed by atoms with van der Waals surface area (Å²) in [5.74, 6) is 0. The molecule has 0 heterocycles. The molecule has 0 aromatic rings. The van der Waals surface area contributed by atoms with Crippen LogP contribution in [0.1, 0.15) is 54.9 Å². The van der Waals surface area contributed by atoms with Crippen molar-refractivity contribution in [3.05, 3.63) is 23.4 Å². The lowest BCUT2D eigenvalue weighted by atomic mass is 10.2. The Balaban J connectivity index is -0.0000000610. The third kappa shape index (κ3) is 64.4. The van der Waals surface area contributed by atoms with Crippen molar-refractivity contribution < 1.29 is 0 Å². The first-order valence-corrected chi connectivity index (χ1v) is 5.41. The Morgan fingerprint density at radius 3 is 1.33 bits per heavy atom. The Hall–Kier alpha value is -1.16. The zero-order valence-corrected chi connectivity index (χ0v) is 11.6. The largest absolute Gasteiger partial charge is 0.403 e. The van der Waals surface area contributed by atoms with Gasteiger partial charge < -0.3 is 5.73 Å². The third-order valence-electron chi connectivity index (χ3n) is 1.51. The lowest BCUT2D eigenvalue weighted by molar-refractivity contribution is 1.09. The van der Waals surface area contributed by atoms with Crippen molar-refractivity contribution in [1.29, 1.82) is 0 Å². The van der Waals surface area contributed by atoms with Crippen molar-refractivity contribution in [2.75, 3.05) is 0 Å². The smallest absolute Gasteiger partial charge is 0.000552 e. The van der Waals surface area contributed by atoms with Crippen LogP contribution in [-0.4, -0.2) is 0 Å². The first-order valence-electron chi connectivity index (χ1n) is 5.41. The Morgan fingerprint density at radius 1 is 1.07 bits per heavy atom. The van der Waals surface area contributed by atoms with Crippen molar-refractivity contribution in [2.24, 2.45) is 5.73 Å². The van der Waals surface area contributed by atoms with Gasteiger partial charge in [-0.25, -0.2) is 0 Å². The van der Waals surface area contributed by atoms with Crippen molar-refractivity contribution in [3.8, 4) is 12.8 Å². The molecule has 0 aliphatic rings. The standard InChI is InChI=1S/C6H12.C4H9N.C2H6.C2H2/c1-4-6(3)5-2;1-3-4(2)5;2*1-2/h4H,5H2,1-3H3;3H,5H2,1-2H3;1-2H3;1-2H/b6-4+;4-3+;;. The highest BCUT2D eigenvalue weighted by Gasteiger charge is 1.73. The van der Waals surface area contributed by atoms with Crippen LogP contribution >= 0.6 is 0 Å². The highest BCUT2D eigenvalue weighted by Crippen LogP contribution is 1.94. The summed E-state index contributed by atoms with van der Waals surface area (Å²) in [7, 11) is 0. The van der Waals surface area contributed by atoms with Gasteiger partial charge >= 0.3 is 0 Å². The maximum Gasteiger partial charge on any atom is 0.000552 e. The summed E-state index contributed by atoms with van der Waals surface area (Å²) >= 11 is 0. The molecule has 0 radical (unpaired) electrons. The number of hydrogen-bond acceptors (Lipinski definition) is 1. The highest BCUT2D eigenvalue weighted by atomic mass is 14.5. The summed E-state index contributed by atoms with van der Waals surface area (Å²) in [6.07, 6.45) is 13.2. The summed E-state index contributed by atoms with van der Waals surface area (Å²) < 4.78 is 0. The maximum atomic E-state index is 5.15. The average Bonchev–Trinajstić information content (AvgIpc) is 2.33. The number of allylic oxidation sites excluding steroid dienone is 4. The number of rotatable bonds is 1. The van der Waals surface area contributed by atoms with Gasteiger partial charge in [-0.2, -0.15) is 0 Å². The molecule has 1 nitrogen and oxygen atoms in total. The first kappa shape index (κ1) is 23.6. The number of hydrogen-bond donors (Lipinski definition) is 1. The Kier molecular flexibility index (Phi) is 46.0. The van der Waals surface area contributed by atoms with Gasteiger partial charge in [-0.15, -0.1) is 12.8 Å². The maximum absolute atomic E-state index is 5.15. The van der Waals surface area contributed by atoms with E-state index in [9.17, 15) is 0 Å². The van der Waals surface area contributed by atoms with E-state index >= 15 is 0 Å². The van der Waals surface area contributed by atoms with Gasteiger partial charge in [-0.1, -0.05) is 38.5 Å². The number of terminal acetylenes is 1. The zero-order chi connectivity index (χ0) is 13.3. The van der Waals surface area contributed by atoms with E-state index < -0.39 is 0 Å². The fraction of sp³-hybridized carbons (Fsp3) is 0.571. The van der Waals surface area contributed by atoms with Crippen molar-refractivity contribution in [3.63, 3.8) is 0 Å². The molecule has 0 bridgehead atoms. The topological polar surface area (TPSA) is 26.0 Å². The first-order chi connectivity index (χ1) is 7.08. The minimum Gasteiger partial charge on any atom is -0.403 e. The molecule has 90 valence electrons. The van der Waals surface area contributed by atoms with Crippen LogP contribution in [0.25, 0.3) is 0 Å². The molecule has 0 amide bonds. The SMILES string of the molecule is C#C.C/C=C(\C)CC.C/C=C(\C)N.CC. The molecule has 0 fully saturated rings. The van der Waals surface area contributed by atoms with E-state index in [1.165, 1.54) is 12.0 Å². The summed E-state index contributed by atoms with van der Waals surface area (Å²) in [6, 6.07) is 0. The molecule has 1 heteroatoms. The van der Waals surface area contributed by atoms with Crippen LogP contribution in [0.15, 0.2) is 23.4 Å². The molecule has 0 aromatic carbocycles. The molecule has 0 saturated carbocycles. The molecule has 0 aliphatic heterocycles. The van der Waals surface area contributed by atoms with E-state index in [0.717, 1.165) is 5.70 Å². The van der Waals surface area contributed by atoms with Gasteiger partial charge in [-0.05, 0) is 34.1 Å². The minimum absolute atomic E-state index is 0.880. The monoisotopic (exact) mass is 211 g/mol. The van der Waals surface area contributed by atoms with Crippen molar-refractivity contribution >= 4 is 0 Å². The predicted octanol–water partition coefficient (Wildman–Crippen LogP) is 4.51. The van der Waals surface area contributed by atoms with Gasteiger partial charge in [0.2, 0.25) is 0 Å². The van der Waals surface area contributed by atoms with Gasteiger partial charge in [0, 0.05) is 5.70 Å². The fourth-order valence-corrected chi connectivity index (χ4v) is 0.204. The molecule has 0 aliphatic carbocycles. The normalized spacial score (nSPS) is 9.40. The van der Waals surface area contributed by atoms with E-state index in [1.54, 1.807) is 0 Å². The molecular weight excluding hydrogens is 182 g/mol. The summed E-state index contributed by atoms with van der Waals surface area (Å²) in [5.41, 5.74) is 7.50. The van der Waals surface area contributed by atoms with Gasteiger partial charge in [0.05, 0.1) is 0 Å². The third-order valence-corrected chi connectivity index (χ3v) is 1.51. The summed E-state index contributed by atoms with van der Waals surface area (Å²) in [5, 5.41) is 0. The lowest BCUT2D eigenvalue weighted by Gasteiger charge is -1.85. The van der Waals surface area contributed by atoms with Crippen molar-refractivity contribution in [1.82, 2.24) is 0 Å². The Bertz CT molecular complexity index is 157. The van der Waals surface area contributed by atoms with E-state index in [-0.39, 0.29) is 0 Å². The second kappa shape index (κ2) is 29.3. The van der Waals surface area contributed by atoms with Crippen LogP contribution in [0, 0.1) is 12.8 Å². The quantitative estimate of drug-likeness (QED) is 0.501. The highest BCUT2D eigenvalue weighted by molar-refractivity contribution is 4.93. The van der Waals surface area contributed by atoms with Gasteiger partial charge in [0.1, 0.15) is 0 Å². The van der Waals surface area contributed by atoms with Gasteiger partial charge in [-0.3, -0.25) is 0 Å². The minimum atomic E-state index is 0.880. The van der Waals surface area contributed by atoms with E-state index in [2.05, 4.69) is 39.7 Å². The van der Waals surface area contributed by atoms with Crippen molar-refractivity contribution in [2.45, 2.75) is 54.9 Å². The van der Waals surface area contributed by atoms with Crippen LogP contribution in [0.4, 0.5) is 0 Å². The van der Waals surface area contributed by atoms with Crippen LogP contribution in [0.2, 0.25) is 0 Å². The van der Waals surface area contributed by atoms with Gasteiger partial charge in [0.25, 0.3) is 0 Å². The molecular formula is C14H29N. The molecule has 15 heavy (non-hydrogen) atoms. The molecule has 0 atom stereocenters.